The lowest BCUT2D eigenvalue weighted by atomic mass is 10.2. The van der Waals surface area contributed by atoms with Crippen molar-refractivity contribution in [1.29, 1.82) is 0 Å². The minimum atomic E-state index is -0.504. The second-order valence-electron chi connectivity index (χ2n) is 5.12. The summed E-state index contributed by atoms with van der Waals surface area (Å²) in [5.74, 6) is -0.926. The highest BCUT2D eigenvalue weighted by Crippen LogP contribution is 2.31. The molecule has 0 atom stereocenters. The maximum absolute atomic E-state index is 12.5. The van der Waals surface area contributed by atoms with Crippen LogP contribution in [0, 0.1) is 6.92 Å². The summed E-state index contributed by atoms with van der Waals surface area (Å²) in [6, 6.07) is 7.25. The molecule has 1 amide bonds. The van der Waals surface area contributed by atoms with E-state index in [0.717, 1.165) is 27.1 Å². The van der Waals surface area contributed by atoms with Crippen LogP contribution in [0.4, 0.5) is 0 Å². The molecule has 2 heterocycles. The van der Waals surface area contributed by atoms with Gasteiger partial charge in [-0.25, -0.2) is 0 Å². The summed E-state index contributed by atoms with van der Waals surface area (Å²) >= 11 is 14.4. The molecule has 0 fully saturated rings. The van der Waals surface area contributed by atoms with Gasteiger partial charge in [0.05, 0.1) is 27.2 Å². The number of carbonyl (C=O) groups is 2. The molecule has 25 heavy (non-hydrogen) atoms. The van der Waals surface area contributed by atoms with Gasteiger partial charge in [0.25, 0.3) is 5.91 Å². The van der Waals surface area contributed by atoms with Crippen LogP contribution < -0.4 is 4.80 Å². The predicted molar refractivity (Wildman–Crippen MR) is 101 cm³/mol. The van der Waals surface area contributed by atoms with E-state index < -0.39 is 11.9 Å². The lowest BCUT2D eigenvalue weighted by Gasteiger charge is -2.05. The van der Waals surface area contributed by atoms with E-state index in [1.165, 1.54) is 24.5 Å². The summed E-state index contributed by atoms with van der Waals surface area (Å²) in [6.07, 6.45) is 0. The van der Waals surface area contributed by atoms with Crippen LogP contribution in [0.1, 0.15) is 15.9 Å². The SMILES string of the molecule is COC(=O)Cn1c(=NC(=O)c2cc(Cl)sc2Cl)sc2cccc(C)c21. The third-order valence-electron chi connectivity index (χ3n) is 3.50. The minimum Gasteiger partial charge on any atom is -0.468 e. The second kappa shape index (κ2) is 7.29. The zero-order valence-corrected chi connectivity index (χ0v) is 16.4. The number of thiophene rings is 1. The van der Waals surface area contributed by atoms with Crippen molar-refractivity contribution >= 4 is 68.0 Å². The highest BCUT2D eigenvalue weighted by Gasteiger charge is 2.16. The van der Waals surface area contributed by atoms with E-state index in [0.29, 0.717) is 9.14 Å². The maximum Gasteiger partial charge on any atom is 0.325 e. The highest BCUT2D eigenvalue weighted by atomic mass is 35.5. The smallest absolute Gasteiger partial charge is 0.325 e. The molecular weight excluding hydrogens is 403 g/mol. The molecule has 0 bridgehead atoms. The van der Waals surface area contributed by atoms with Crippen molar-refractivity contribution in [3.8, 4) is 0 Å². The van der Waals surface area contributed by atoms with E-state index in [2.05, 4.69) is 4.99 Å². The first kappa shape index (κ1) is 18.1. The molecule has 1 aromatic carbocycles. The number of methoxy groups -OCH3 is 1. The Morgan fingerprint density at radius 3 is 2.68 bits per heavy atom. The Morgan fingerprint density at radius 2 is 2.04 bits per heavy atom. The number of ether oxygens (including phenoxy) is 1. The molecule has 3 rings (SSSR count). The highest BCUT2D eigenvalue weighted by molar-refractivity contribution is 7.20. The Hall–Kier alpha value is -1.67. The van der Waals surface area contributed by atoms with Crippen LogP contribution in [0.15, 0.2) is 29.3 Å². The van der Waals surface area contributed by atoms with Gasteiger partial charge in [-0.1, -0.05) is 46.7 Å². The molecule has 0 aliphatic carbocycles. The summed E-state index contributed by atoms with van der Waals surface area (Å²) in [5.41, 5.74) is 2.07. The van der Waals surface area contributed by atoms with Crippen LogP contribution in [0.5, 0.6) is 0 Å². The van der Waals surface area contributed by atoms with E-state index in [9.17, 15) is 9.59 Å². The van der Waals surface area contributed by atoms with E-state index in [1.807, 2.05) is 25.1 Å². The molecule has 0 saturated heterocycles. The predicted octanol–water partition coefficient (Wildman–Crippen LogP) is 4.29. The Morgan fingerprint density at radius 1 is 1.28 bits per heavy atom. The summed E-state index contributed by atoms with van der Waals surface area (Å²) < 4.78 is 8.07. The van der Waals surface area contributed by atoms with Gasteiger partial charge in [0, 0.05) is 0 Å². The number of nitrogens with zero attached hydrogens (tertiary/aromatic N) is 2. The summed E-state index contributed by atoms with van der Waals surface area (Å²) in [7, 11) is 1.32. The Bertz CT molecular complexity index is 1050. The fraction of sp³-hybridized carbons (Fsp3) is 0.188. The van der Waals surface area contributed by atoms with Crippen LogP contribution in [0.3, 0.4) is 0 Å². The van der Waals surface area contributed by atoms with Crippen LogP contribution >= 0.6 is 45.9 Å². The van der Waals surface area contributed by atoms with Crippen molar-refractivity contribution in [3.05, 3.63) is 48.9 Å². The number of esters is 1. The Balaban J connectivity index is 2.19. The molecular formula is C16H12Cl2N2O3S2. The van der Waals surface area contributed by atoms with Crippen LogP contribution in [-0.4, -0.2) is 23.6 Å². The summed E-state index contributed by atoms with van der Waals surface area (Å²) in [5, 5.41) is 0. The van der Waals surface area contributed by atoms with Crippen LogP contribution in [-0.2, 0) is 16.1 Å². The number of para-hydroxylation sites is 1. The van der Waals surface area contributed by atoms with Crippen molar-refractivity contribution in [3.63, 3.8) is 0 Å². The molecule has 0 saturated carbocycles. The normalized spacial score (nSPS) is 11.9. The quantitative estimate of drug-likeness (QED) is 0.600. The van der Waals surface area contributed by atoms with Gasteiger partial charge >= 0.3 is 5.97 Å². The first-order valence-corrected chi connectivity index (χ1v) is 9.49. The molecule has 9 heteroatoms. The number of thiazole rings is 1. The van der Waals surface area contributed by atoms with E-state index >= 15 is 0 Å². The van der Waals surface area contributed by atoms with Gasteiger partial charge in [0.1, 0.15) is 10.9 Å². The Kier molecular flexibility index (Phi) is 5.29. The first-order valence-electron chi connectivity index (χ1n) is 7.10. The van der Waals surface area contributed by atoms with Gasteiger partial charge in [-0.15, -0.1) is 11.3 Å². The lowest BCUT2D eigenvalue weighted by molar-refractivity contribution is -0.141. The van der Waals surface area contributed by atoms with Crippen molar-refractivity contribution < 1.29 is 14.3 Å². The molecule has 0 aliphatic heterocycles. The number of amides is 1. The number of fused-ring (bicyclic) bond motifs is 1. The molecule has 2 aromatic heterocycles. The number of hydrogen-bond acceptors (Lipinski definition) is 5. The van der Waals surface area contributed by atoms with Crippen molar-refractivity contribution in [2.45, 2.75) is 13.5 Å². The molecule has 5 nitrogen and oxygen atoms in total. The fourth-order valence-corrected chi connectivity index (χ4v) is 4.92. The van der Waals surface area contributed by atoms with Crippen molar-refractivity contribution in [1.82, 2.24) is 4.57 Å². The first-order chi connectivity index (χ1) is 11.9. The minimum absolute atomic E-state index is 0.0361. The number of benzene rings is 1. The summed E-state index contributed by atoms with van der Waals surface area (Å²) in [4.78, 5) is 28.9. The van der Waals surface area contributed by atoms with Crippen LogP contribution in [0.2, 0.25) is 8.67 Å². The average molecular weight is 415 g/mol. The number of rotatable bonds is 3. The van der Waals surface area contributed by atoms with Crippen molar-refractivity contribution in [2.24, 2.45) is 4.99 Å². The molecule has 0 unspecified atom stereocenters. The maximum atomic E-state index is 12.5. The summed E-state index contributed by atoms with van der Waals surface area (Å²) in [6.45, 7) is 1.90. The van der Waals surface area contributed by atoms with Gasteiger partial charge in [0.15, 0.2) is 4.80 Å². The Labute approximate surface area is 161 Å². The fourth-order valence-electron chi connectivity index (χ4n) is 2.37. The third-order valence-corrected chi connectivity index (χ3v) is 6.03. The second-order valence-corrected chi connectivity index (χ2v) is 8.42. The molecule has 0 aliphatic rings. The van der Waals surface area contributed by atoms with E-state index in [1.54, 1.807) is 4.57 Å². The number of carbonyl (C=O) groups excluding carboxylic acids is 2. The zero-order chi connectivity index (χ0) is 18.1. The molecule has 0 radical (unpaired) electrons. The van der Waals surface area contributed by atoms with Gasteiger partial charge in [-0.3, -0.25) is 9.59 Å². The van der Waals surface area contributed by atoms with E-state index in [4.69, 9.17) is 27.9 Å². The van der Waals surface area contributed by atoms with Gasteiger partial charge in [0.2, 0.25) is 0 Å². The largest absolute Gasteiger partial charge is 0.468 e. The molecule has 0 spiro atoms. The number of aromatic nitrogens is 1. The molecule has 130 valence electrons. The number of hydrogen-bond donors (Lipinski definition) is 0. The van der Waals surface area contributed by atoms with Gasteiger partial charge in [-0.05, 0) is 24.6 Å². The zero-order valence-electron chi connectivity index (χ0n) is 13.2. The van der Waals surface area contributed by atoms with Gasteiger partial charge < -0.3 is 9.30 Å². The standard InChI is InChI=1S/C16H12Cl2N2O3S2/c1-8-4-3-5-10-13(8)20(7-12(21)23-2)16(24-10)19-15(22)9-6-11(17)25-14(9)18/h3-6H,7H2,1-2H3. The van der Waals surface area contributed by atoms with Gasteiger partial charge in [-0.2, -0.15) is 4.99 Å². The van der Waals surface area contributed by atoms with E-state index in [-0.39, 0.29) is 16.4 Å². The van der Waals surface area contributed by atoms with Crippen LogP contribution in [0.25, 0.3) is 10.2 Å². The average Bonchev–Trinajstić information content (AvgIpc) is 3.08. The van der Waals surface area contributed by atoms with Crippen molar-refractivity contribution in [2.75, 3.05) is 7.11 Å². The topological polar surface area (TPSA) is 60.7 Å². The number of halogens is 2. The molecule has 3 aromatic rings. The molecule has 0 N–H and O–H groups in total. The number of aryl methyl sites for hydroxylation is 1. The monoisotopic (exact) mass is 414 g/mol. The third kappa shape index (κ3) is 3.64. The lowest BCUT2D eigenvalue weighted by Crippen LogP contribution is -2.22.